The van der Waals surface area contributed by atoms with Crippen molar-refractivity contribution in [2.75, 3.05) is 6.54 Å². The van der Waals surface area contributed by atoms with Gasteiger partial charge in [-0.25, -0.2) is 14.4 Å². The van der Waals surface area contributed by atoms with Crippen LogP contribution in [0.15, 0.2) is 54.9 Å². The summed E-state index contributed by atoms with van der Waals surface area (Å²) in [6.45, 7) is -0.0148. The van der Waals surface area contributed by atoms with Gasteiger partial charge in [0.15, 0.2) is 5.82 Å². The number of carbonyl (C=O) groups is 2. The molecule has 8 nitrogen and oxygen atoms in total. The SMILES string of the molecule is O=C(NCc1ccc(OC(F)(F)F)cc1)C1c2cccc(O)c2C(=O)N1CCc1ncc(F)cn1. The monoisotopic (exact) mass is 490 g/mol. The van der Waals surface area contributed by atoms with Crippen LogP contribution in [0.1, 0.15) is 33.4 Å². The van der Waals surface area contributed by atoms with Crippen molar-refractivity contribution in [3.8, 4) is 11.5 Å². The van der Waals surface area contributed by atoms with Gasteiger partial charge < -0.3 is 20.1 Å². The molecule has 4 rings (SSSR count). The van der Waals surface area contributed by atoms with Crippen molar-refractivity contribution in [3.63, 3.8) is 0 Å². The minimum absolute atomic E-state index is 0.00123. The molecule has 2 aromatic carbocycles. The predicted octanol–water partition coefficient (Wildman–Crippen LogP) is 3.28. The van der Waals surface area contributed by atoms with Crippen LogP contribution in [0.2, 0.25) is 0 Å². The van der Waals surface area contributed by atoms with E-state index < -0.39 is 35.8 Å². The lowest BCUT2D eigenvalue weighted by Gasteiger charge is -2.24. The Hall–Kier alpha value is -4.22. The standard InChI is InChI=1S/C23H18F4N4O4/c24-14-11-28-18(29-12-14)8-9-31-20(16-2-1-3-17(32)19(16)22(31)34)21(33)30-10-13-4-6-15(7-5-13)35-23(25,26)27/h1-7,11-12,20,32H,8-10H2,(H,30,33). The molecule has 0 radical (unpaired) electrons. The lowest BCUT2D eigenvalue weighted by molar-refractivity contribution is -0.274. The Bertz CT molecular complexity index is 1230. The van der Waals surface area contributed by atoms with Gasteiger partial charge in [-0.2, -0.15) is 0 Å². The van der Waals surface area contributed by atoms with Crippen molar-refractivity contribution >= 4 is 11.8 Å². The van der Waals surface area contributed by atoms with E-state index in [1.165, 1.54) is 29.2 Å². The third-order valence-corrected chi connectivity index (χ3v) is 5.28. The normalized spacial score (nSPS) is 15.1. The molecule has 0 aliphatic carbocycles. The maximum Gasteiger partial charge on any atom is 0.573 e. The van der Waals surface area contributed by atoms with E-state index in [2.05, 4.69) is 20.0 Å². The molecule has 2 N–H and O–H groups in total. The smallest absolute Gasteiger partial charge is 0.507 e. The van der Waals surface area contributed by atoms with Gasteiger partial charge in [0.25, 0.3) is 5.91 Å². The van der Waals surface area contributed by atoms with Crippen molar-refractivity contribution in [2.45, 2.75) is 25.4 Å². The molecule has 182 valence electrons. The highest BCUT2D eigenvalue weighted by Gasteiger charge is 2.42. The molecule has 3 aromatic rings. The van der Waals surface area contributed by atoms with E-state index in [0.29, 0.717) is 11.1 Å². The number of amides is 2. The van der Waals surface area contributed by atoms with E-state index in [-0.39, 0.29) is 36.6 Å². The lowest BCUT2D eigenvalue weighted by Crippen LogP contribution is -2.40. The molecule has 12 heteroatoms. The van der Waals surface area contributed by atoms with Gasteiger partial charge in [0.1, 0.15) is 23.4 Å². The third kappa shape index (κ3) is 5.48. The maximum atomic E-state index is 13.1. The van der Waals surface area contributed by atoms with Crippen LogP contribution < -0.4 is 10.1 Å². The Labute approximate surface area is 196 Å². The average molecular weight is 490 g/mol. The molecule has 35 heavy (non-hydrogen) atoms. The van der Waals surface area contributed by atoms with Crippen LogP contribution in [0.5, 0.6) is 11.5 Å². The van der Waals surface area contributed by atoms with E-state index in [9.17, 15) is 32.3 Å². The number of nitrogens with one attached hydrogen (secondary N) is 1. The summed E-state index contributed by atoms with van der Waals surface area (Å²) >= 11 is 0. The number of nitrogens with zero attached hydrogens (tertiary/aromatic N) is 3. The number of halogens is 4. The van der Waals surface area contributed by atoms with Gasteiger partial charge in [0, 0.05) is 25.1 Å². The number of ether oxygens (including phenoxy) is 1. The van der Waals surface area contributed by atoms with Crippen LogP contribution in [-0.4, -0.2) is 44.7 Å². The number of phenols is 1. The summed E-state index contributed by atoms with van der Waals surface area (Å²) in [5.41, 5.74) is 0.808. The van der Waals surface area contributed by atoms with E-state index in [1.54, 1.807) is 6.07 Å². The average Bonchev–Trinajstić information content (AvgIpc) is 3.09. The first-order valence-electron chi connectivity index (χ1n) is 10.3. The Morgan fingerprint density at radius 3 is 2.46 bits per heavy atom. The van der Waals surface area contributed by atoms with E-state index in [0.717, 1.165) is 24.5 Å². The Kier molecular flexibility index (Phi) is 6.54. The number of fused-ring (bicyclic) bond motifs is 1. The summed E-state index contributed by atoms with van der Waals surface area (Å²) in [4.78, 5) is 35.1. The topological polar surface area (TPSA) is 105 Å². The molecule has 1 unspecified atom stereocenters. The Morgan fingerprint density at radius 1 is 1.11 bits per heavy atom. The maximum absolute atomic E-state index is 13.1. The number of alkyl halides is 3. The molecule has 2 heterocycles. The molecule has 0 spiro atoms. The second kappa shape index (κ2) is 9.57. The Morgan fingerprint density at radius 2 is 1.80 bits per heavy atom. The zero-order chi connectivity index (χ0) is 25.2. The molecule has 1 atom stereocenters. The summed E-state index contributed by atoms with van der Waals surface area (Å²) in [5.74, 6) is -2.13. The number of aromatic hydroxyl groups is 1. The van der Waals surface area contributed by atoms with Crippen molar-refractivity contribution in [2.24, 2.45) is 0 Å². The first-order chi connectivity index (χ1) is 16.6. The highest BCUT2D eigenvalue weighted by atomic mass is 19.4. The molecule has 0 saturated carbocycles. The molecule has 1 aliphatic rings. The van der Waals surface area contributed by atoms with Crippen molar-refractivity contribution in [1.82, 2.24) is 20.2 Å². The number of hydrogen-bond acceptors (Lipinski definition) is 6. The fourth-order valence-corrected chi connectivity index (χ4v) is 3.74. The van der Waals surface area contributed by atoms with Gasteiger partial charge in [-0.15, -0.1) is 13.2 Å². The number of phenolic OH excluding ortho intramolecular Hbond substituents is 1. The van der Waals surface area contributed by atoms with Gasteiger partial charge >= 0.3 is 6.36 Å². The van der Waals surface area contributed by atoms with Crippen molar-refractivity contribution < 1.29 is 37.0 Å². The van der Waals surface area contributed by atoms with Crippen LogP contribution in [0.3, 0.4) is 0 Å². The van der Waals surface area contributed by atoms with Gasteiger partial charge in [0.05, 0.1) is 18.0 Å². The lowest BCUT2D eigenvalue weighted by atomic mass is 10.0. The van der Waals surface area contributed by atoms with Crippen LogP contribution in [0, 0.1) is 5.82 Å². The van der Waals surface area contributed by atoms with Crippen LogP contribution in [0.25, 0.3) is 0 Å². The molecule has 1 aliphatic heterocycles. The number of carbonyl (C=O) groups excluding carboxylic acids is 2. The minimum atomic E-state index is -4.81. The quantitative estimate of drug-likeness (QED) is 0.493. The molecule has 1 aromatic heterocycles. The highest BCUT2D eigenvalue weighted by Crippen LogP contribution is 2.38. The number of aromatic nitrogens is 2. The largest absolute Gasteiger partial charge is 0.573 e. The molecule has 2 amide bonds. The third-order valence-electron chi connectivity index (χ3n) is 5.28. The second-order valence-corrected chi connectivity index (χ2v) is 7.62. The van der Waals surface area contributed by atoms with Crippen LogP contribution in [0.4, 0.5) is 17.6 Å². The van der Waals surface area contributed by atoms with E-state index in [1.807, 2.05) is 0 Å². The summed E-state index contributed by atoms with van der Waals surface area (Å²) in [6, 6.07) is 8.30. The summed E-state index contributed by atoms with van der Waals surface area (Å²) in [5, 5.41) is 12.9. The van der Waals surface area contributed by atoms with E-state index >= 15 is 0 Å². The highest BCUT2D eigenvalue weighted by molar-refractivity contribution is 6.06. The van der Waals surface area contributed by atoms with Gasteiger partial charge in [-0.3, -0.25) is 9.59 Å². The van der Waals surface area contributed by atoms with Gasteiger partial charge in [0.2, 0.25) is 5.91 Å². The van der Waals surface area contributed by atoms with Crippen molar-refractivity contribution in [3.05, 3.63) is 83.2 Å². The fourth-order valence-electron chi connectivity index (χ4n) is 3.74. The number of hydrogen-bond donors (Lipinski definition) is 2. The van der Waals surface area contributed by atoms with Crippen LogP contribution >= 0.6 is 0 Å². The molecule has 0 fully saturated rings. The molecular formula is C23H18F4N4O4. The van der Waals surface area contributed by atoms with E-state index in [4.69, 9.17) is 0 Å². The van der Waals surface area contributed by atoms with Crippen LogP contribution in [-0.2, 0) is 17.8 Å². The summed E-state index contributed by atoms with van der Waals surface area (Å²) < 4.78 is 53.9. The first kappa shape index (κ1) is 23.9. The Balaban J connectivity index is 1.49. The zero-order valence-corrected chi connectivity index (χ0v) is 17.9. The second-order valence-electron chi connectivity index (χ2n) is 7.62. The predicted molar refractivity (Wildman–Crippen MR) is 113 cm³/mol. The van der Waals surface area contributed by atoms with Gasteiger partial charge in [-0.05, 0) is 23.8 Å². The minimum Gasteiger partial charge on any atom is -0.507 e. The first-order valence-corrected chi connectivity index (χ1v) is 10.3. The number of rotatable bonds is 7. The summed E-state index contributed by atoms with van der Waals surface area (Å²) in [7, 11) is 0. The van der Waals surface area contributed by atoms with Crippen molar-refractivity contribution in [1.29, 1.82) is 0 Å². The number of benzene rings is 2. The summed E-state index contributed by atoms with van der Waals surface area (Å²) in [6.07, 6.45) is -2.70. The molecule has 0 bridgehead atoms. The van der Waals surface area contributed by atoms with Gasteiger partial charge in [-0.1, -0.05) is 24.3 Å². The fraction of sp³-hybridized carbons (Fsp3) is 0.217. The molecular weight excluding hydrogens is 472 g/mol. The molecule has 0 saturated heterocycles. The zero-order valence-electron chi connectivity index (χ0n) is 17.9.